The molecule has 1 saturated carbocycles. The molecule has 0 atom stereocenters. The molecule has 15 heavy (non-hydrogen) atoms. The number of hydrogen-bond acceptors (Lipinski definition) is 3. The Bertz CT molecular complexity index is 220. The highest BCUT2D eigenvalue weighted by molar-refractivity contribution is 5.78. The van der Waals surface area contributed by atoms with Gasteiger partial charge in [0.2, 0.25) is 5.91 Å². The van der Waals surface area contributed by atoms with Gasteiger partial charge in [0.15, 0.2) is 0 Å². The molecule has 0 aromatic carbocycles. The molecule has 2 fully saturated rings. The van der Waals surface area contributed by atoms with Crippen LogP contribution in [0.2, 0.25) is 0 Å². The fourth-order valence-electron chi connectivity index (χ4n) is 2.05. The molecule has 1 aliphatic heterocycles. The normalized spacial score (nSPS) is 22.9. The van der Waals surface area contributed by atoms with Gasteiger partial charge in [0.05, 0.1) is 6.54 Å². The van der Waals surface area contributed by atoms with Gasteiger partial charge in [0, 0.05) is 25.7 Å². The number of rotatable bonds is 3. The van der Waals surface area contributed by atoms with Crippen molar-refractivity contribution in [3.05, 3.63) is 0 Å². The van der Waals surface area contributed by atoms with E-state index in [2.05, 4.69) is 17.3 Å². The Morgan fingerprint density at radius 3 is 2.93 bits per heavy atom. The summed E-state index contributed by atoms with van der Waals surface area (Å²) in [7, 11) is 2.06. The van der Waals surface area contributed by atoms with Crippen LogP contribution < -0.4 is 5.32 Å². The Morgan fingerprint density at radius 2 is 2.20 bits per heavy atom. The van der Waals surface area contributed by atoms with Crippen molar-refractivity contribution in [2.75, 3.05) is 39.8 Å². The zero-order chi connectivity index (χ0) is 10.7. The summed E-state index contributed by atoms with van der Waals surface area (Å²) in [5.74, 6) is 0.299. The smallest absolute Gasteiger partial charge is 0.236 e. The zero-order valence-electron chi connectivity index (χ0n) is 9.54. The molecule has 1 heterocycles. The average molecular weight is 211 g/mol. The molecule has 0 spiro atoms. The van der Waals surface area contributed by atoms with Gasteiger partial charge in [-0.1, -0.05) is 0 Å². The lowest BCUT2D eigenvalue weighted by Crippen LogP contribution is -2.41. The summed E-state index contributed by atoms with van der Waals surface area (Å²) in [5, 5.41) is 3.31. The van der Waals surface area contributed by atoms with Crippen LogP contribution in [0, 0.1) is 0 Å². The molecule has 1 N–H and O–H groups in total. The quantitative estimate of drug-likeness (QED) is 0.708. The number of nitrogens with zero attached hydrogens (tertiary/aromatic N) is 2. The first-order chi connectivity index (χ1) is 7.27. The molecule has 4 nitrogen and oxygen atoms in total. The highest BCUT2D eigenvalue weighted by Crippen LogP contribution is 2.24. The Balaban J connectivity index is 1.77. The molecule has 1 aliphatic carbocycles. The summed E-state index contributed by atoms with van der Waals surface area (Å²) in [5.41, 5.74) is 0. The summed E-state index contributed by atoms with van der Waals surface area (Å²) < 4.78 is 0. The summed E-state index contributed by atoms with van der Waals surface area (Å²) in [6.07, 6.45) is 3.62. The van der Waals surface area contributed by atoms with Crippen molar-refractivity contribution < 1.29 is 4.79 Å². The number of carbonyl (C=O) groups excluding carboxylic acids is 1. The average Bonchev–Trinajstić information content (AvgIpc) is 3.05. The lowest BCUT2D eigenvalue weighted by atomic mass is 10.3. The van der Waals surface area contributed by atoms with Crippen LogP contribution >= 0.6 is 0 Å². The minimum Gasteiger partial charge on any atom is -0.340 e. The molecule has 0 aromatic rings. The standard InChI is InChI=1S/C11H21N3O/c1-13(10-3-4-10)9-11(15)14-7-2-5-12-6-8-14/h10,12H,2-9H2,1H3. The number of amides is 1. The number of nitrogens with one attached hydrogen (secondary N) is 1. The van der Waals surface area contributed by atoms with Gasteiger partial charge in [-0.2, -0.15) is 0 Å². The number of hydrogen-bond donors (Lipinski definition) is 1. The van der Waals surface area contributed by atoms with Gasteiger partial charge in [-0.05, 0) is 32.9 Å². The minimum atomic E-state index is 0.299. The maximum atomic E-state index is 12.0. The molecule has 2 aliphatic rings. The predicted octanol–water partition coefficient (Wildman–Crippen LogP) is -0.0975. The molecule has 2 rings (SSSR count). The lowest BCUT2D eigenvalue weighted by molar-refractivity contribution is -0.132. The maximum Gasteiger partial charge on any atom is 0.236 e. The molecule has 0 unspecified atom stereocenters. The highest BCUT2D eigenvalue weighted by Gasteiger charge is 2.28. The Labute approximate surface area is 91.6 Å². The summed E-state index contributed by atoms with van der Waals surface area (Å²) in [6, 6.07) is 0.680. The minimum absolute atomic E-state index is 0.299. The Morgan fingerprint density at radius 1 is 1.40 bits per heavy atom. The van der Waals surface area contributed by atoms with Crippen LogP contribution in [0.4, 0.5) is 0 Å². The monoisotopic (exact) mass is 211 g/mol. The van der Waals surface area contributed by atoms with E-state index in [1.165, 1.54) is 12.8 Å². The van der Waals surface area contributed by atoms with Crippen LogP contribution in [0.15, 0.2) is 0 Å². The van der Waals surface area contributed by atoms with E-state index in [1.54, 1.807) is 0 Å². The van der Waals surface area contributed by atoms with Crippen molar-refractivity contribution >= 4 is 5.91 Å². The van der Waals surface area contributed by atoms with E-state index in [0.717, 1.165) is 32.6 Å². The number of likely N-dealkylation sites (N-methyl/N-ethyl adjacent to an activating group) is 1. The maximum absolute atomic E-state index is 12.0. The van der Waals surface area contributed by atoms with Gasteiger partial charge in [0.25, 0.3) is 0 Å². The molecule has 4 heteroatoms. The van der Waals surface area contributed by atoms with Crippen LogP contribution in [0.25, 0.3) is 0 Å². The van der Waals surface area contributed by atoms with Crippen LogP contribution in [0.5, 0.6) is 0 Å². The van der Waals surface area contributed by atoms with Crippen LogP contribution in [0.1, 0.15) is 19.3 Å². The third-order valence-corrected chi connectivity index (χ3v) is 3.25. The van der Waals surface area contributed by atoms with Crippen LogP contribution in [-0.2, 0) is 4.79 Å². The summed E-state index contributed by atoms with van der Waals surface area (Å²) in [6.45, 7) is 4.38. The van der Waals surface area contributed by atoms with E-state index in [-0.39, 0.29) is 0 Å². The molecular weight excluding hydrogens is 190 g/mol. The lowest BCUT2D eigenvalue weighted by Gasteiger charge is -2.23. The predicted molar refractivity (Wildman–Crippen MR) is 59.7 cm³/mol. The molecule has 0 bridgehead atoms. The van der Waals surface area contributed by atoms with Crippen LogP contribution in [0.3, 0.4) is 0 Å². The first-order valence-electron chi connectivity index (χ1n) is 5.96. The second-order valence-electron chi connectivity index (χ2n) is 4.63. The molecule has 1 amide bonds. The SMILES string of the molecule is CN(CC(=O)N1CCCNCC1)C1CC1. The van der Waals surface area contributed by atoms with E-state index in [0.29, 0.717) is 18.5 Å². The van der Waals surface area contributed by atoms with Crippen molar-refractivity contribution in [1.82, 2.24) is 15.1 Å². The van der Waals surface area contributed by atoms with Gasteiger partial charge in [-0.25, -0.2) is 0 Å². The Kier molecular flexibility index (Phi) is 3.59. The molecule has 0 radical (unpaired) electrons. The van der Waals surface area contributed by atoms with E-state index in [9.17, 15) is 4.79 Å². The first kappa shape index (κ1) is 10.9. The van der Waals surface area contributed by atoms with Gasteiger partial charge >= 0.3 is 0 Å². The molecular formula is C11H21N3O. The van der Waals surface area contributed by atoms with Gasteiger partial charge in [-0.3, -0.25) is 9.69 Å². The van der Waals surface area contributed by atoms with Crippen LogP contribution in [-0.4, -0.2) is 61.5 Å². The second-order valence-corrected chi connectivity index (χ2v) is 4.63. The fourth-order valence-corrected chi connectivity index (χ4v) is 2.05. The van der Waals surface area contributed by atoms with Crippen molar-refractivity contribution in [2.45, 2.75) is 25.3 Å². The van der Waals surface area contributed by atoms with Gasteiger partial charge in [0.1, 0.15) is 0 Å². The third-order valence-electron chi connectivity index (χ3n) is 3.25. The van der Waals surface area contributed by atoms with Gasteiger partial charge in [-0.15, -0.1) is 0 Å². The fraction of sp³-hybridized carbons (Fsp3) is 0.909. The van der Waals surface area contributed by atoms with Crippen molar-refractivity contribution in [1.29, 1.82) is 0 Å². The first-order valence-corrected chi connectivity index (χ1v) is 5.96. The molecule has 86 valence electrons. The van der Waals surface area contributed by atoms with E-state index in [4.69, 9.17) is 0 Å². The van der Waals surface area contributed by atoms with Crippen molar-refractivity contribution in [3.63, 3.8) is 0 Å². The zero-order valence-corrected chi connectivity index (χ0v) is 9.54. The molecule has 0 aromatic heterocycles. The largest absolute Gasteiger partial charge is 0.340 e. The van der Waals surface area contributed by atoms with Crippen molar-refractivity contribution in [2.24, 2.45) is 0 Å². The van der Waals surface area contributed by atoms with E-state index < -0.39 is 0 Å². The van der Waals surface area contributed by atoms with Crippen molar-refractivity contribution in [3.8, 4) is 0 Å². The third kappa shape index (κ3) is 3.18. The Hall–Kier alpha value is -0.610. The van der Waals surface area contributed by atoms with E-state index in [1.807, 2.05) is 4.90 Å². The van der Waals surface area contributed by atoms with E-state index >= 15 is 0 Å². The highest BCUT2D eigenvalue weighted by atomic mass is 16.2. The van der Waals surface area contributed by atoms with Gasteiger partial charge < -0.3 is 10.2 Å². The summed E-state index contributed by atoms with van der Waals surface area (Å²) >= 11 is 0. The topological polar surface area (TPSA) is 35.6 Å². The number of carbonyl (C=O) groups is 1. The second kappa shape index (κ2) is 4.94. The summed E-state index contributed by atoms with van der Waals surface area (Å²) in [4.78, 5) is 16.1. The molecule has 1 saturated heterocycles.